The lowest BCUT2D eigenvalue weighted by molar-refractivity contribution is -0.0612. The molecule has 0 aromatic carbocycles. The maximum absolute atomic E-state index is 5.24. The van der Waals surface area contributed by atoms with Crippen molar-refractivity contribution in [3.8, 4) is 0 Å². The molecule has 0 atom stereocenters. The summed E-state index contributed by atoms with van der Waals surface area (Å²) in [6, 6.07) is 0.858. The highest BCUT2D eigenvalue weighted by Crippen LogP contribution is 2.32. The average molecular weight is 155 g/mol. The first-order chi connectivity index (χ1) is 5.29. The van der Waals surface area contributed by atoms with Gasteiger partial charge in [-0.05, 0) is 18.8 Å². The maximum Gasteiger partial charge on any atom is 0.0601 e. The van der Waals surface area contributed by atoms with Crippen molar-refractivity contribution in [3.63, 3.8) is 0 Å². The van der Waals surface area contributed by atoms with Gasteiger partial charge in [0.25, 0.3) is 0 Å². The molecular weight excluding hydrogens is 138 g/mol. The third kappa shape index (κ3) is 1.30. The van der Waals surface area contributed by atoms with Crippen molar-refractivity contribution in [2.24, 2.45) is 5.92 Å². The van der Waals surface area contributed by atoms with Crippen LogP contribution in [0.1, 0.15) is 19.8 Å². The Labute approximate surface area is 68.5 Å². The minimum atomic E-state index is 0.566. The molecule has 1 aliphatic heterocycles. The van der Waals surface area contributed by atoms with E-state index in [0.717, 1.165) is 12.0 Å². The summed E-state index contributed by atoms with van der Waals surface area (Å²) in [6.07, 6.45) is 3.10. The number of hydrogen-bond acceptors (Lipinski definition) is 2. The quantitative estimate of drug-likeness (QED) is 0.592. The molecule has 1 aliphatic carbocycles. The van der Waals surface area contributed by atoms with Gasteiger partial charge in [0.1, 0.15) is 0 Å². The summed E-state index contributed by atoms with van der Waals surface area (Å²) in [5, 5.41) is 0. The fourth-order valence-corrected chi connectivity index (χ4v) is 2.07. The van der Waals surface area contributed by atoms with Gasteiger partial charge in [-0.3, -0.25) is 4.90 Å². The van der Waals surface area contributed by atoms with E-state index in [1.54, 1.807) is 0 Å². The van der Waals surface area contributed by atoms with Crippen LogP contribution in [0, 0.1) is 5.92 Å². The van der Waals surface area contributed by atoms with Crippen LogP contribution in [0.5, 0.6) is 0 Å². The van der Waals surface area contributed by atoms with E-state index in [-0.39, 0.29) is 0 Å². The molecule has 11 heavy (non-hydrogen) atoms. The molecule has 0 radical (unpaired) electrons. The molecule has 0 amide bonds. The van der Waals surface area contributed by atoms with Crippen LogP contribution >= 0.6 is 0 Å². The standard InChI is InChI=1S/C9H17NO/c1-7-5-10(6-7)8-3-9(4-8)11-2/h7-9H,3-6H2,1-2H3. The molecule has 0 aromatic heterocycles. The van der Waals surface area contributed by atoms with Crippen LogP contribution in [0.4, 0.5) is 0 Å². The highest BCUT2D eigenvalue weighted by molar-refractivity contribution is 4.92. The van der Waals surface area contributed by atoms with Gasteiger partial charge in [0.15, 0.2) is 0 Å². The first-order valence-corrected chi connectivity index (χ1v) is 4.56. The van der Waals surface area contributed by atoms with Crippen molar-refractivity contribution in [2.45, 2.75) is 31.9 Å². The van der Waals surface area contributed by atoms with E-state index in [4.69, 9.17) is 4.74 Å². The van der Waals surface area contributed by atoms with Crippen LogP contribution in [0.3, 0.4) is 0 Å². The van der Waals surface area contributed by atoms with E-state index in [0.29, 0.717) is 6.10 Å². The molecule has 64 valence electrons. The average Bonchev–Trinajstić information content (AvgIpc) is 1.81. The molecule has 2 heteroatoms. The van der Waals surface area contributed by atoms with Crippen LogP contribution in [0.2, 0.25) is 0 Å². The van der Waals surface area contributed by atoms with Gasteiger partial charge in [-0.25, -0.2) is 0 Å². The summed E-state index contributed by atoms with van der Waals surface area (Å²) in [5.74, 6) is 0.941. The third-order valence-corrected chi connectivity index (χ3v) is 3.01. The Kier molecular flexibility index (Phi) is 1.90. The molecular formula is C9H17NO. The number of hydrogen-bond donors (Lipinski definition) is 0. The number of nitrogens with zero attached hydrogens (tertiary/aromatic N) is 1. The van der Waals surface area contributed by atoms with Gasteiger partial charge < -0.3 is 4.74 Å². The van der Waals surface area contributed by atoms with Crippen molar-refractivity contribution in [2.75, 3.05) is 20.2 Å². The molecule has 2 nitrogen and oxygen atoms in total. The van der Waals surface area contributed by atoms with E-state index in [1.165, 1.54) is 25.9 Å². The SMILES string of the molecule is COC1CC(N2CC(C)C2)C1. The molecule has 0 spiro atoms. The normalized spacial score (nSPS) is 39.8. The number of ether oxygens (including phenoxy) is 1. The third-order valence-electron chi connectivity index (χ3n) is 3.01. The molecule has 2 aliphatic rings. The molecule has 2 fully saturated rings. The predicted octanol–water partition coefficient (Wildman–Crippen LogP) is 1.12. The zero-order valence-electron chi connectivity index (χ0n) is 7.42. The highest BCUT2D eigenvalue weighted by atomic mass is 16.5. The molecule has 0 bridgehead atoms. The Bertz CT molecular complexity index is 136. The summed E-state index contributed by atoms with van der Waals surface area (Å²) in [4.78, 5) is 2.58. The molecule has 1 saturated heterocycles. The summed E-state index contributed by atoms with van der Waals surface area (Å²) < 4.78 is 5.24. The second-order valence-corrected chi connectivity index (χ2v) is 4.04. The van der Waals surface area contributed by atoms with E-state index < -0.39 is 0 Å². The van der Waals surface area contributed by atoms with Gasteiger partial charge >= 0.3 is 0 Å². The van der Waals surface area contributed by atoms with Crippen LogP contribution < -0.4 is 0 Å². The smallest absolute Gasteiger partial charge is 0.0601 e. The second-order valence-electron chi connectivity index (χ2n) is 4.04. The number of rotatable bonds is 2. The Hall–Kier alpha value is -0.0800. The van der Waals surface area contributed by atoms with Gasteiger partial charge in [0, 0.05) is 26.2 Å². The number of methoxy groups -OCH3 is 1. The largest absolute Gasteiger partial charge is 0.381 e. The monoisotopic (exact) mass is 155 g/mol. The van der Waals surface area contributed by atoms with Crippen molar-refractivity contribution in [3.05, 3.63) is 0 Å². The Morgan fingerprint density at radius 2 is 1.91 bits per heavy atom. The summed E-state index contributed by atoms with van der Waals surface area (Å²) in [5.41, 5.74) is 0. The summed E-state index contributed by atoms with van der Waals surface area (Å²) in [7, 11) is 1.82. The summed E-state index contributed by atoms with van der Waals surface area (Å²) in [6.45, 7) is 4.96. The first kappa shape index (κ1) is 7.56. The van der Waals surface area contributed by atoms with Gasteiger partial charge in [0.05, 0.1) is 6.10 Å². The lowest BCUT2D eigenvalue weighted by Crippen LogP contribution is -2.57. The Morgan fingerprint density at radius 3 is 2.36 bits per heavy atom. The van der Waals surface area contributed by atoms with E-state index >= 15 is 0 Å². The molecule has 0 N–H and O–H groups in total. The molecule has 1 heterocycles. The fraction of sp³-hybridized carbons (Fsp3) is 1.00. The Morgan fingerprint density at radius 1 is 1.27 bits per heavy atom. The Balaban J connectivity index is 1.67. The van der Waals surface area contributed by atoms with Crippen molar-refractivity contribution >= 4 is 0 Å². The first-order valence-electron chi connectivity index (χ1n) is 4.56. The topological polar surface area (TPSA) is 12.5 Å². The minimum absolute atomic E-state index is 0.566. The van der Waals surface area contributed by atoms with E-state index in [9.17, 15) is 0 Å². The van der Waals surface area contributed by atoms with Gasteiger partial charge in [0.2, 0.25) is 0 Å². The number of likely N-dealkylation sites (tertiary alicyclic amines) is 1. The lowest BCUT2D eigenvalue weighted by atomic mass is 9.84. The van der Waals surface area contributed by atoms with Crippen molar-refractivity contribution in [1.82, 2.24) is 4.90 Å². The van der Waals surface area contributed by atoms with Crippen LogP contribution in [-0.4, -0.2) is 37.2 Å². The minimum Gasteiger partial charge on any atom is -0.381 e. The van der Waals surface area contributed by atoms with Gasteiger partial charge in [-0.1, -0.05) is 6.92 Å². The maximum atomic E-state index is 5.24. The van der Waals surface area contributed by atoms with E-state index in [1.807, 2.05) is 7.11 Å². The zero-order chi connectivity index (χ0) is 7.84. The summed E-state index contributed by atoms with van der Waals surface area (Å²) >= 11 is 0. The predicted molar refractivity (Wildman–Crippen MR) is 44.6 cm³/mol. The van der Waals surface area contributed by atoms with Crippen LogP contribution in [0.15, 0.2) is 0 Å². The van der Waals surface area contributed by atoms with Crippen LogP contribution in [-0.2, 0) is 4.74 Å². The molecule has 0 aromatic rings. The molecule has 0 unspecified atom stereocenters. The van der Waals surface area contributed by atoms with Crippen molar-refractivity contribution in [1.29, 1.82) is 0 Å². The lowest BCUT2D eigenvalue weighted by Gasteiger charge is -2.49. The zero-order valence-corrected chi connectivity index (χ0v) is 7.42. The molecule has 1 saturated carbocycles. The van der Waals surface area contributed by atoms with Gasteiger partial charge in [-0.15, -0.1) is 0 Å². The van der Waals surface area contributed by atoms with Gasteiger partial charge in [-0.2, -0.15) is 0 Å². The van der Waals surface area contributed by atoms with Crippen molar-refractivity contribution < 1.29 is 4.74 Å². The van der Waals surface area contributed by atoms with Crippen LogP contribution in [0.25, 0.3) is 0 Å². The highest BCUT2D eigenvalue weighted by Gasteiger charge is 2.38. The second kappa shape index (κ2) is 2.76. The fourth-order valence-electron chi connectivity index (χ4n) is 2.07. The van der Waals surface area contributed by atoms with E-state index in [2.05, 4.69) is 11.8 Å². The molecule has 2 rings (SSSR count).